The van der Waals surface area contributed by atoms with Gasteiger partial charge in [0.15, 0.2) is 9.84 Å². The van der Waals surface area contributed by atoms with Crippen LogP contribution in [0.5, 0.6) is 0 Å². The molecule has 8 heteroatoms. The Morgan fingerprint density at radius 2 is 2.33 bits per heavy atom. The maximum absolute atomic E-state index is 11.3. The van der Waals surface area contributed by atoms with E-state index >= 15 is 0 Å². The Labute approximate surface area is 104 Å². The molecule has 1 aliphatic heterocycles. The number of anilines is 1. The first-order valence-corrected chi connectivity index (χ1v) is 7.27. The van der Waals surface area contributed by atoms with Crippen molar-refractivity contribution in [3.8, 4) is 0 Å². The Bertz CT molecular complexity index is 558. The van der Waals surface area contributed by atoms with Gasteiger partial charge in [-0.15, -0.1) is 0 Å². The lowest BCUT2D eigenvalue weighted by Crippen LogP contribution is -2.18. The molecule has 0 saturated carbocycles. The number of carboxylic acid groups (broad SMARTS) is 1. The summed E-state index contributed by atoms with van der Waals surface area (Å²) in [5, 5.41) is 11.8. The first kappa shape index (κ1) is 12.7. The number of aromatic carboxylic acids is 1. The van der Waals surface area contributed by atoms with E-state index in [2.05, 4.69) is 15.3 Å². The smallest absolute Gasteiger partial charge is 0.341 e. The fourth-order valence-electron chi connectivity index (χ4n) is 1.90. The molecule has 2 rings (SSSR count). The standard InChI is InChI=1S/C10H13N3O4S/c14-10(15)8-4-11-6-13-9(8)12-3-7-1-2-18(16,17)5-7/h4,6-7H,1-3,5H2,(H,14,15)(H,11,12,13)/t7-/m0/s1. The van der Waals surface area contributed by atoms with Gasteiger partial charge in [-0.1, -0.05) is 0 Å². The maximum Gasteiger partial charge on any atom is 0.341 e. The molecule has 0 aromatic carbocycles. The predicted molar refractivity (Wildman–Crippen MR) is 64.2 cm³/mol. The molecule has 0 bridgehead atoms. The van der Waals surface area contributed by atoms with Crippen molar-refractivity contribution in [1.82, 2.24) is 9.97 Å². The first-order chi connectivity index (χ1) is 8.48. The van der Waals surface area contributed by atoms with E-state index < -0.39 is 15.8 Å². The summed E-state index contributed by atoms with van der Waals surface area (Å²) in [5.74, 6) is -0.534. The van der Waals surface area contributed by atoms with Crippen molar-refractivity contribution in [2.24, 2.45) is 5.92 Å². The molecule has 0 aliphatic carbocycles. The van der Waals surface area contributed by atoms with Crippen LogP contribution in [0.4, 0.5) is 5.82 Å². The van der Waals surface area contributed by atoms with Crippen molar-refractivity contribution < 1.29 is 18.3 Å². The monoisotopic (exact) mass is 271 g/mol. The van der Waals surface area contributed by atoms with Crippen molar-refractivity contribution >= 4 is 21.6 Å². The lowest BCUT2D eigenvalue weighted by atomic mass is 10.1. The lowest BCUT2D eigenvalue weighted by Gasteiger charge is -2.11. The quantitative estimate of drug-likeness (QED) is 0.794. The van der Waals surface area contributed by atoms with Gasteiger partial charge in [-0.3, -0.25) is 0 Å². The number of carboxylic acids is 1. The molecule has 1 saturated heterocycles. The number of nitrogens with zero attached hydrogens (tertiary/aromatic N) is 2. The summed E-state index contributed by atoms with van der Waals surface area (Å²) in [6, 6.07) is 0. The fourth-order valence-corrected chi connectivity index (χ4v) is 3.76. The number of hydrogen-bond acceptors (Lipinski definition) is 6. The van der Waals surface area contributed by atoms with Gasteiger partial charge in [0.25, 0.3) is 0 Å². The summed E-state index contributed by atoms with van der Waals surface area (Å²) in [6.07, 6.45) is 3.06. The van der Waals surface area contributed by atoms with Crippen LogP contribution in [0.15, 0.2) is 12.5 Å². The second-order valence-corrected chi connectivity index (χ2v) is 6.47. The van der Waals surface area contributed by atoms with E-state index in [1.807, 2.05) is 0 Å². The van der Waals surface area contributed by atoms with Gasteiger partial charge >= 0.3 is 5.97 Å². The van der Waals surface area contributed by atoms with Gasteiger partial charge in [-0.2, -0.15) is 0 Å². The largest absolute Gasteiger partial charge is 0.477 e. The highest BCUT2D eigenvalue weighted by Gasteiger charge is 2.27. The van der Waals surface area contributed by atoms with Crippen molar-refractivity contribution in [2.45, 2.75) is 6.42 Å². The fraction of sp³-hybridized carbons (Fsp3) is 0.500. The second-order valence-electron chi connectivity index (χ2n) is 4.24. The minimum absolute atomic E-state index is 0.00612. The predicted octanol–water partition coefficient (Wildman–Crippen LogP) is 0.0214. The zero-order valence-corrected chi connectivity index (χ0v) is 10.4. The van der Waals surface area contributed by atoms with E-state index in [-0.39, 0.29) is 28.8 Å². The maximum atomic E-state index is 11.3. The zero-order chi connectivity index (χ0) is 13.2. The molecule has 1 aliphatic rings. The Morgan fingerprint density at radius 3 is 2.94 bits per heavy atom. The van der Waals surface area contributed by atoms with Gasteiger partial charge in [0.2, 0.25) is 0 Å². The first-order valence-electron chi connectivity index (χ1n) is 5.45. The molecule has 1 atom stereocenters. The van der Waals surface area contributed by atoms with Crippen LogP contribution in [-0.2, 0) is 9.84 Å². The molecule has 0 radical (unpaired) electrons. The van der Waals surface area contributed by atoms with Gasteiger partial charge in [-0.05, 0) is 12.3 Å². The topological polar surface area (TPSA) is 109 Å². The van der Waals surface area contributed by atoms with Crippen LogP contribution in [0.1, 0.15) is 16.8 Å². The van der Waals surface area contributed by atoms with Crippen LogP contribution in [0.3, 0.4) is 0 Å². The molecule has 2 N–H and O–H groups in total. The average molecular weight is 271 g/mol. The minimum atomic E-state index is -2.92. The number of aromatic nitrogens is 2. The van der Waals surface area contributed by atoms with Crippen LogP contribution in [0, 0.1) is 5.92 Å². The molecule has 18 heavy (non-hydrogen) atoms. The molecule has 1 aromatic heterocycles. The third-order valence-electron chi connectivity index (χ3n) is 2.83. The summed E-state index contributed by atoms with van der Waals surface area (Å²) in [7, 11) is -2.92. The normalized spacial score (nSPS) is 21.7. The Balaban J connectivity index is 2.01. The highest BCUT2D eigenvalue weighted by Crippen LogP contribution is 2.19. The van der Waals surface area contributed by atoms with Crippen molar-refractivity contribution in [3.05, 3.63) is 18.1 Å². The Morgan fingerprint density at radius 1 is 1.56 bits per heavy atom. The molecule has 0 spiro atoms. The van der Waals surface area contributed by atoms with Crippen LogP contribution in [-0.4, -0.2) is 47.5 Å². The Kier molecular flexibility index (Phi) is 3.46. The number of nitrogens with one attached hydrogen (secondary N) is 1. The van der Waals surface area contributed by atoms with E-state index in [4.69, 9.17) is 5.11 Å². The van der Waals surface area contributed by atoms with E-state index in [9.17, 15) is 13.2 Å². The third kappa shape index (κ3) is 2.95. The van der Waals surface area contributed by atoms with E-state index in [0.29, 0.717) is 13.0 Å². The molecule has 2 heterocycles. The molecule has 0 amide bonds. The zero-order valence-electron chi connectivity index (χ0n) is 9.54. The molecule has 7 nitrogen and oxygen atoms in total. The van der Waals surface area contributed by atoms with Gasteiger partial charge in [0.05, 0.1) is 11.5 Å². The highest BCUT2D eigenvalue weighted by atomic mass is 32.2. The van der Waals surface area contributed by atoms with Crippen molar-refractivity contribution in [1.29, 1.82) is 0 Å². The SMILES string of the molecule is O=C(O)c1cncnc1NC[C@@H]1CCS(=O)(=O)C1. The van der Waals surface area contributed by atoms with Gasteiger partial charge in [-0.25, -0.2) is 23.2 Å². The van der Waals surface area contributed by atoms with E-state index in [1.165, 1.54) is 12.5 Å². The molecule has 1 aromatic rings. The third-order valence-corrected chi connectivity index (χ3v) is 4.66. The van der Waals surface area contributed by atoms with Crippen LogP contribution >= 0.6 is 0 Å². The molecular formula is C10H13N3O4S. The van der Waals surface area contributed by atoms with E-state index in [1.54, 1.807) is 0 Å². The summed E-state index contributed by atoms with van der Waals surface area (Å²) < 4.78 is 22.6. The molecule has 98 valence electrons. The summed E-state index contributed by atoms with van der Waals surface area (Å²) in [6.45, 7) is 0.399. The summed E-state index contributed by atoms with van der Waals surface area (Å²) >= 11 is 0. The van der Waals surface area contributed by atoms with E-state index in [0.717, 1.165) is 0 Å². The van der Waals surface area contributed by atoms with Crippen LogP contribution in [0.2, 0.25) is 0 Å². The van der Waals surface area contributed by atoms with Crippen LogP contribution in [0.25, 0.3) is 0 Å². The van der Waals surface area contributed by atoms with Crippen molar-refractivity contribution in [2.75, 3.05) is 23.4 Å². The summed E-state index contributed by atoms with van der Waals surface area (Å²) in [4.78, 5) is 18.4. The molecular weight excluding hydrogens is 258 g/mol. The van der Waals surface area contributed by atoms with Gasteiger partial charge in [0.1, 0.15) is 17.7 Å². The number of rotatable bonds is 4. The van der Waals surface area contributed by atoms with Crippen molar-refractivity contribution in [3.63, 3.8) is 0 Å². The van der Waals surface area contributed by atoms with Gasteiger partial charge < -0.3 is 10.4 Å². The highest BCUT2D eigenvalue weighted by molar-refractivity contribution is 7.91. The number of sulfone groups is 1. The average Bonchev–Trinajstić information content (AvgIpc) is 2.66. The number of carbonyl (C=O) groups is 1. The molecule has 0 unspecified atom stereocenters. The lowest BCUT2D eigenvalue weighted by molar-refractivity contribution is 0.0697. The minimum Gasteiger partial charge on any atom is -0.477 e. The number of hydrogen-bond donors (Lipinski definition) is 2. The Hall–Kier alpha value is -1.70. The van der Waals surface area contributed by atoms with Crippen LogP contribution < -0.4 is 5.32 Å². The molecule has 1 fully saturated rings. The van der Waals surface area contributed by atoms with Gasteiger partial charge in [0, 0.05) is 12.7 Å². The second kappa shape index (κ2) is 4.89. The summed E-state index contributed by atoms with van der Waals surface area (Å²) in [5.41, 5.74) is -0.0154.